The number of hydrogen-bond acceptors (Lipinski definition) is 6. The molecule has 0 spiro atoms. The maximum Gasteiger partial charge on any atom is 0.337 e. The number of aromatic nitrogens is 2. The van der Waals surface area contributed by atoms with E-state index in [9.17, 15) is 19.2 Å². The van der Waals surface area contributed by atoms with Gasteiger partial charge in [0.25, 0.3) is 5.56 Å². The number of carbonyl (C=O) groups is 2. The minimum Gasteiger partial charge on any atom is -0.465 e. The molecule has 0 aliphatic heterocycles. The number of nitrogens with one attached hydrogen (secondary N) is 2. The number of nitrogens with zero attached hydrogens (tertiary/aromatic N) is 2. The minimum atomic E-state index is -0.538. The van der Waals surface area contributed by atoms with Crippen LogP contribution in [-0.4, -0.2) is 60.1 Å². The topological polar surface area (TPSA) is 114 Å². The summed E-state index contributed by atoms with van der Waals surface area (Å²) in [5.74, 6) is -0.513. The molecule has 0 saturated carbocycles. The molecule has 32 heavy (non-hydrogen) atoms. The number of likely N-dealkylation sites (N-methyl/N-ethyl adjacent to an activating group) is 1. The summed E-state index contributed by atoms with van der Waals surface area (Å²) in [6.07, 6.45) is 4.78. The van der Waals surface area contributed by atoms with Crippen molar-refractivity contribution >= 4 is 22.8 Å². The number of rotatable bonds is 13. The van der Waals surface area contributed by atoms with Crippen LogP contribution in [-0.2, 0) is 16.1 Å². The summed E-state index contributed by atoms with van der Waals surface area (Å²) in [4.78, 5) is 53.5. The number of benzene rings is 1. The lowest BCUT2D eigenvalue weighted by molar-refractivity contribution is -0.121. The number of H-pyrrole nitrogens is 1. The molecule has 2 rings (SSSR count). The summed E-state index contributed by atoms with van der Waals surface area (Å²) in [6, 6.07) is 4.45. The van der Waals surface area contributed by atoms with Crippen LogP contribution in [0.15, 0.2) is 27.8 Å². The van der Waals surface area contributed by atoms with E-state index in [0.29, 0.717) is 36.7 Å². The predicted molar refractivity (Wildman–Crippen MR) is 124 cm³/mol. The lowest BCUT2D eigenvalue weighted by Crippen LogP contribution is -2.35. The molecule has 1 aromatic carbocycles. The zero-order valence-corrected chi connectivity index (χ0v) is 19.2. The molecule has 0 fully saturated rings. The van der Waals surface area contributed by atoms with Crippen molar-refractivity contribution in [1.29, 1.82) is 0 Å². The van der Waals surface area contributed by atoms with Gasteiger partial charge in [-0.25, -0.2) is 9.59 Å². The molecule has 0 bridgehead atoms. The van der Waals surface area contributed by atoms with Crippen LogP contribution >= 0.6 is 0 Å². The highest BCUT2D eigenvalue weighted by molar-refractivity contribution is 5.93. The summed E-state index contributed by atoms with van der Waals surface area (Å²) in [5, 5.41) is 3.26. The summed E-state index contributed by atoms with van der Waals surface area (Å²) >= 11 is 0. The molecule has 176 valence electrons. The average Bonchev–Trinajstić information content (AvgIpc) is 2.78. The Kier molecular flexibility index (Phi) is 10.1. The lowest BCUT2D eigenvalue weighted by Gasteiger charge is -2.16. The number of aromatic amines is 1. The largest absolute Gasteiger partial charge is 0.465 e. The highest BCUT2D eigenvalue weighted by atomic mass is 16.5. The van der Waals surface area contributed by atoms with Gasteiger partial charge >= 0.3 is 11.7 Å². The molecule has 0 saturated heterocycles. The van der Waals surface area contributed by atoms with E-state index in [2.05, 4.69) is 33.9 Å². The molecule has 2 N–H and O–H groups in total. The number of carbonyl (C=O) groups excluding carboxylic acids is 2. The lowest BCUT2D eigenvalue weighted by atomic mass is 10.1. The van der Waals surface area contributed by atoms with Crippen molar-refractivity contribution in [3.63, 3.8) is 0 Å². The molecule has 1 amide bonds. The predicted octanol–water partition coefficient (Wildman–Crippen LogP) is 1.88. The van der Waals surface area contributed by atoms with E-state index in [0.717, 1.165) is 36.9 Å². The fraction of sp³-hybridized carbons (Fsp3) is 0.565. The van der Waals surface area contributed by atoms with Gasteiger partial charge in [-0.15, -0.1) is 0 Å². The van der Waals surface area contributed by atoms with E-state index in [1.54, 1.807) is 0 Å². The van der Waals surface area contributed by atoms with E-state index < -0.39 is 17.2 Å². The second-order valence-corrected chi connectivity index (χ2v) is 7.96. The molecule has 1 aromatic heterocycles. The summed E-state index contributed by atoms with van der Waals surface area (Å²) in [6.45, 7) is 4.93. The quantitative estimate of drug-likeness (QED) is 0.359. The number of unbranched alkanes of at least 4 members (excludes halogenated alkanes) is 3. The normalized spacial score (nSPS) is 11.1. The second-order valence-electron chi connectivity index (χ2n) is 7.96. The van der Waals surface area contributed by atoms with Crippen LogP contribution in [0.1, 0.15) is 55.8 Å². The highest BCUT2D eigenvalue weighted by Crippen LogP contribution is 2.10. The zero-order valence-electron chi connectivity index (χ0n) is 19.2. The van der Waals surface area contributed by atoms with Crippen molar-refractivity contribution < 1.29 is 14.3 Å². The van der Waals surface area contributed by atoms with Crippen LogP contribution < -0.4 is 16.6 Å². The molecule has 1 heterocycles. The van der Waals surface area contributed by atoms with Gasteiger partial charge < -0.3 is 19.9 Å². The number of methoxy groups -OCH3 is 1. The first-order valence-corrected chi connectivity index (χ1v) is 11.2. The van der Waals surface area contributed by atoms with Crippen molar-refractivity contribution in [3.8, 4) is 0 Å². The summed E-state index contributed by atoms with van der Waals surface area (Å²) in [5.41, 5.74) is -0.352. The Bertz CT molecular complexity index is 1030. The molecule has 9 heteroatoms. The number of hydrogen-bond donors (Lipinski definition) is 2. The molecular weight excluding hydrogens is 412 g/mol. The zero-order chi connectivity index (χ0) is 23.5. The number of fused-ring (bicyclic) bond motifs is 1. The third kappa shape index (κ3) is 7.33. The van der Waals surface area contributed by atoms with Crippen LogP contribution in [0.2, 0.25) is 0 Å². The summed E-state index contributed by atoms with van der Waals surface area (Å²) in [7, 11) is 3.32. The average molecular weight is 447 g/mol. The SMILES string of the molecule is CCCCN(C)CCNC(=O)CCCCCn1c(=O)[nH]c2cc(C(=O)OC)ccc2c1=O. The van der Waals surface area contributed by atoms with E-state index in [1.807, 2.05) is 0 Å². The molecule has 9 nitrogen and oxygen atoms in total. The van der Waals surface area contributed by atoms with Gasteiger partial charge in [0, 0.05) is 26.1 Å². The van der Waals surface area contributed by atoms with Gasteiger partial charge in [-0.3, -0.25) is 14.2 Å². The van der Waals surface area contributed by atoms with Gasteiger partial charge in [0.05, 0.1) is 23.6 Å². The Morgan fingerprint density at radius 2 is 1.91 bits per heavy atom. The maximum absolute atomic E-state index is 12.7. The van der Waals surface area contributed by atoms with Crippen molar-refractivity contribution in [3.05, 3.63) is 44.6 Å². The van der Waals surface area contributed by atoms with Gasteiger partial charge in [0.15, 0.2) is 0 Å². The van der Waals surface area contributed by atoms with Gasteiger partial charge in [-0.2, -0.15) is 0 Å². The Morgan fingerprint density at radius 1 is 1.12 bits per heavy atom. The van der Waals surface area contributed by atoms with Gasteiger partial charge in [0.1, 0.15) is 0 Å². The third-order valence-corrected chi connectivity index (χ3v) is 5.40. The minimum absolute atomic E-state index is 0.0241. The standard InChI is InChI=1S/C23H34N4O5/c1-4-5-13-26(2)15-12-24-20(28)9-7-6-8-14-27-21(29)18-11-10-17(22(30)32-3)16-19(18)25-23(27)31/h10-11,16H,4-9,12-15H2,1-3H3,(H,24,28)(H,25,31). The molecule has 2 aromatic rings. The first-order valence-electron chi connectivity index (χ1n) is 11.2. The van der Waals surface area contributed by atoms with E-state index in [-0.39, 0.29) is 18.0 Å². The Labute approximate surface area is 187 Å². The number of ether oxygens (including phenoxy) is 1. The van der Waals surface area contributed by atoms with Crippen molar-refractivity contribution in [2.24, 2.45) is 0 Å². The number of esters is 1. The fourth-order valence-electron chi connectivity index (χ4n) is 3.45. The monoisotopic (exact) mass is 446 g/mol. The van der Waals surface area contributed by atoms with E-state index >= 15 is 0 Å². The third-order valence-electron chi connectivity index (χ3n) is 5.40. The van der Waals surface area contributed by atoms with Gasteiger partial charge in [-0.05, 0) is 51.1 Å². The van der Waals surface area contributed by atoms with Crippen LogP contribution in [0.5, 0.6) is 0 Å². The van der Waals surface area contributed by atoms with E-state index in [1.165, 1.54) is 25.3 Å². The van der Waals surface area contributed by atoms with Crippen LogP contribution in [0.25, 0.3) is 10.9 Å². The summed E-state index contributed by atoms with van der Waals surface area (Å²) < 4.78 is 5.82. The first kappa shape index (κ1) is 25.3. The van der Waals surface area contributed by atoms with E-state index in [4.69, 9.17) is 0 Å². The Hall–Kier alpha value is -2.94. The molecule has 0 aliphatic carbocycles. The van der Waals surface area contributed by atoms with Crippen LogP contribution in [0.3, 0.4) is 0 Å². The Morgan fingerprint density at radius 3 is 2.62 bits per heavy atom. The highest BCUT2D eigenvalue weighted by Gasteiger charge is 2.11. The van der Waals surface area contributed by atoms with Crippen molar-refractivity contribution in [1.82, 2.24) is 19.8 Å². The van der Waals surface area contributed by atoms with Gasteiger partial charge in [-0.1, -0.05) is 19.8 Å². The smallest absolute Gasteiger partial charge is 0.337 e. The molecule has 0 aliphatic rings. The second kappa shape index (κ2) is 12.8. The first-order chi connectivity index (χ1) is 15.4. The molecule has 0 atom stereocenters. The van der Waals surface area contributed by atoms with Crippen LogP contribution in [0.4, 0.5) is 0 Å². The van der Waals surface area contributed by atoms with Crippen molar-refractivity contribution in [2.45, 2.75) is 52.0 Å². The molecular formula is C23H34N4O5. The Balaban J connectivity index is 1.80. The fourth-order valence-corrected chi connectivity index (χ4v) is 3.45. The maximum atomic E-state index is 12.7. The molecule has 0 unspecified atom stereocenters. The van der Waals surface area contributed by atoms with Crippen molar-refractivity contribution in [2.75, 3.05) is 33.8 Å². The number of amides is 1. The van der Waals surface area contributed by atoms with Gasteiger partial charge in [0.2, 0.25) is 5.91 Å². The molecule has 0 radical (unpaired) electrons. The van der Waals surface area contributed by atoms with Crippen LogP contribution in [0, 0.1) is 0 Å².